The highest BCUT2D eigenvalue weighted by Gasteiger charge is 2.35. The van der Waals surface area contributed by atoms with E-state index in [0.29, 0.717) is 49.4 Å². The van der Waals surface area contributed by atoms with Crippen molar-refractivity contribution < 1.29 is 19.4 Å². The van der Waals surface area contributed by atoms with Gasteiger partial charge in [0, 0.05) is 25.1 Å². The van der Waals surface area contributed by atoms with Crippen molar-refractivity contribution in [1.82, 2.24) is 0 Å². The van der Waals surface area contributed by atoms with E-state index in [2.05, 4.69) is 23.6 Å². The normalized spacial score (nSPS) is 17.9. The number of ketones is 1. The van der Waals surface area contributed by atoms with Crippen LogP contribution < -0.4 is 5.73 Å². The number of rotatable bonds is 9. The highest BCUT2D eigenvalue weighted by molar-refractivity contribution is 6.23. The molecule has 0 saturated carbocycles. The zero-order valence-corrected chi connectivity index (χ0v) is 18.8. The van der Waals surface area contributed by atoms with E-state index in [9.17, 15) is 14.7 Å². The molecular formula is C22H40N2O4. The monoisotopic (exact) mass is 396 g/mol. The van der Waals surface area contributed by atoms with Crippen LogP contribution >= 0.6 is 0 Å². The summed E-state index contributed by atoms with van der Waals surface area (Å²) in [4.78, 5) is 28.5. The van der Waals surface area contributed by atoms with Crippen LogP contribution in [0.3, 0.4) is 0 Å². The molecule has 0 spiro atoms. The van der Waals surface area contributed by atoms with E-state index in [-0.39, 0.29) is 17.0 Å². The van der Waals surface area contributed by atoms with Crippen LogP contribution in [0.5, 0.6) is 0 Å². The minimum Gasteiger partial charge on any atom is -0.511 e. The molecule has 0 radical (unpaired) electrons. The van der Waals surface area contributed by atoms with Crippen molar-refractivity contribution in [2.75, 3.05) is 13.7 Å². The van der Waals surface area contributed by atoms with Crippen LogP contribution in [0.4, 0.5) is 0 Å². The summed E-state index contributed by atoms with van der Waals surface area (Å²) in [5.74, 6) is 0.0771. The number of allylic oxidation sites excluding steroid dienone is 2. The first-order valence-electron chi connectivity index (χ1n) is 10.4. The zero-order valence-electron chi connectivity index (χ0n) is 18.8. The molecule has 162 valence electrons. The van der Waals surface area contributed by atoms with Crippen LogP contribution in [0.1, 0.15) is 80.1 Å². The third-order valence-corrected chi connectivity index (χ3v) is 4.47. The van der Waals surface area contributed by atoms with E-state index >= 15 is 0 Å². The smallest absolute Gasteiger partial charge is 0.322 e. The summed E-state index contributed by atoms with van der Waals surface area (Å²) < 4.78 is 4.61. The third-order valence-electron chi connectivity index (χ3n) is 4.47. The standard InChI is InChI=1S/C20H34N2O4.C2H6/c1-13(2)10-15(18-16(23)11-20(3,4)12-17(18)24)22-9-7-6-8-14(21)19(25)26-5;1-2/h13-14,23H,6-12,21H2,1-5H3;1-2H3. The number of hydrogen-bond acceptors (Lipinski definition) is 6. The lowest BCUT2D eigenvalue weighted by Gasteiger charge is -2.30. The van der Waals surface area contributed by atoms with E-state index in [4.69, 9.17) is 5.73 Å². The van der Waals surface area contributed by atoms with Crippen molar-refractivity contribution in [1.29, 1.82) is 0 Å². The highest BCUT2D eigenvalue weighted by Crippen LogP contribution is 2.36. The maximum atomic E-state index is 12.6. The van der Waals surface area contributed by atoms with Crippen molar-refractivity contribution >= 4 is 17.5 Å². The number of aliphatic imine (C=N–C) groups is 1. The third kappa shape index (κ3) is 9.00. The SMILES string of the molecule is CC.COC(=O)C(N)CCCCN=C(CC(C)C)C1=C(O)CC(C)(C)CC1=O. The Bertz CT molecular complexity index is 577. The number of nitrogens with zero attached hydrogens (tertiary/aromatic N) is 1. The summed E-state index contributed by atoms with van der Waals surface area (Å²) in [6.07, 6.45) is 3.65. The number of nitrogens with two attached hydrogens (primary N) is 1. The molecule has 0 fully saturated rings. The number of Topliss-reactive ketones (excluding diaryl/α,β-unsaturated/α-hetero) is 1. The minimum absolute atomic E-state index is 0.0223. The van der Waals surface area contributed by atoms with Crippen LogP contribution in [-0.2, 0) is 14.3 Å². The van der Waals surface area contributed by atoms with Gasteiger partial charge in [-0.25, -0.2) is 0 Å². The summed E-state index contributed by atoms with van der Waals surface area (Å²) in [5, 5.41) is 10.4. The fourth-order valence-corrected chi connectivity index (χ4v) is 3.21. The van der Waals surface area contributed by atoms with Gasteiger partial charge in [-0.15, -0.1) is 0 Å². The Kier molecular flexibility index (Phi) is 11.9. The lowest BCUT2D eigenvalue weighted by atomic mass is 9.75. The predicted molar refractivity (Wildman–Crippen MR) is 115 cm³/mol. The number of esters is 1. The maximum Gasteiger partial charge on any atom is 0.322 e. The average molecular weight is 397 g/mol. The summed E-state index contributed by atoms with van der Waals surface area (Å²) >= 11 is 0. The summed E-state index contributed by atoms with van der Waals surface area (Å²) in [6, 6.07) is -0.604. The fraction of sp³-hybridized carbons (Fsp3) is 0.773. The summed E-state index contributed by atoms with van der Waals surface area (Å²) in [5.41, 5.74) is 6.63. The van der Waals surface area contributed by atoms with Crippen molar-refractivity contribution in [3.8, 4) is 0 Å². The highest BCUT2D eigenvalue weighted by atomic mass is 16.5. The molecule has 0 aromatic heterocycles. The molecular weight excluding hydrogens is 356 g/mol. The Labute approximate surface area is 170 Å². The second-order valence-electron chi connectivity index (χ2n) is 8.31. The van der Waals surface area contributed by atoms with Crippen LogP contribution in [0, 0.1) is 11.3 Å². The molecule has 1 rings (SSSR count). The van der Waals surface area contributed by atoms with Gasteiger partial charge in [0.1, 0.15) is 11.8 Å². The Morgan fingerprint density at radius 2 is 1.86 bits per heavy atom. The van der Waals surface area contributed by atoms with Crippen molar-refractivity contribution in [2.45, 2.75) is 86.1 Å². The Balaban J connectivity index is 0.00000352. The van der Waals surface area contributed by atoms with E-state index in [1.54, 1.807) is 0 Å². The van der Waals surface area contributed by atoms with Crippen LogP contribution in [0.2, 0.25) is 0 Å². The summed E-state index contributed by atoms with van der Waals surface area (Å²) in [6.45, 7) is 12.7. The van der Waals surface area contributed by atoms with E-state index in [0.717, 1.165) is 12.8 Å². The quantitative estimate of drug-likeness (QED) is 0.342. The number of carbonyl (C=O) groups is 2. The van der Waals surface area contributed by atoms with Gasteiger partial charge in [-0.2, -0.15) is 0 Å². The number of unbranched alkanes of at least 4 members (excludes halogenated alkanes) is 1. The van der Waals surface area contributed by atoms with Gasteiger partial charge in [0.2, 0.25) is 0 Å². The molecule has 0 aromatic rings. The number of aliphatic hydroxyl groups excluding tert-OH is 1. The van der Waals surface area contributed by atoms with Gasteiger partial charge in [0.15, 0.2) is 5.78 Å². The van der Waals surface area contributed by atoms with Gasteiger partial charge in [-0.3, -0.25) is 14.6 Å². The lowest BCUT2D eigenvalue weighted by molar-refractivity contribution is -0.142. The van der Waals surface area contributed by atoms with Crippen LogP contribution in [0.15, 0.2) is 16.3 Å². The first-order valence-corrected chi connectivity index (χ1v) is 10.4. The topological polar surface area (TPSA) is 102 Å². The average Bonchev–Trinajstić information content (AvgIpc) is 2.59. The second kappa shape index (κ2) is 12.7. The zero-order chi connectivity index (χ0) is 21.9. The number of methoxy groups -OCH3 is 1. The number of carbonyl (C=O) groups excluding carboxylic acids is 2. The van der Waals surface area contributed by atoms with Crippen molar-refractivity contribution in [2.24, 2.45) is 22.1 Å². The Hall–Kier alpha value is -1.69. The second-order valence-corrected chi connectivity index (χ2v) is 8.31. The molecule has 0 bridgehead atoms. The van der Waals surface area contributed by atoms with E-state index in [1.807, 2.05) is 27.7 Å². The maximum absolute atomic E-state index is 12.6. The molecule has 0 heterocycles. The van der Waals surface area contributed by atoms with Crippen molar-refractivity contribution in [3.63, 3.8) is 0 Å². The number of hydrogen-bond donors (Lipinski definition) is 2. The first-order chi connectivity index (χ1) is 13.1. The van der Waals surface area contributed by atoms with Gasteiger partial charge < -0.3 is 15.6 Å². The predicted octanol–water partition coefficient (Wildman–Crippen LogP) is 4.37. The number of ether oxygens (including phenoxy) is 1. The Morgan fingerprint density at radius 3 is 2.36 bits per heavy atom. The number of aliphatic hydroxyl groups is 1. The van der Waals surface area contributed by atoms with E-state index in [1.165, 1.54) is 7.11 Å². The lowest BCUT2D eigenvalue weighted by Crippen LogP contribution is -2.31. The molecule has 0 amide bonds. The minimum atomic E-state index is -0.604. The van der Waals surface area contributed by atoms with Gasteiger partial charge >= 0.3 is 5.97 Å². The van der Waals surface area contributed by atoms with Gasteiger partial charge in [-0.1, -0.05) is 41.5 Å². The molecule has 28 heavy (non-hydrogen) atoms. The molecule has 1 aliphatic rings. The molecule has 3 N–H and O–H groups in total. The largest absolute Gasteiger partial charge is 0.511 e. The van der Waals surface area contributed by atoms with Crippen molar-refractivity contribution in [3.05, 3.63) is 11.3 Å². The fourth-order valence-electron chi connectivity index (χ4n) is 3.21. The van der Waals surface area contributed by atoms with Gasteiger partial charge in [0.05, 0.1) is 12.7 Å². The molecule has 0 saturated heterocycles. The van der Waals surface area contributed by atoms with Crippen LogP contribution in [0.25, 0.3) is 0 Å². The molecule has 0 aromatic carbocycles. The molecule has 1 aliphatic carbocycles. The molecule has 1 unspecified atom stereocenters. The Morgan fingerprint density at radius 1 is 1.25 bits per heavy atom. The van der Waals surface area contributed by atoms with Gasteiger partial charge in [0.25, 0.3) is 0 Å². The molecule has 6 heteroatoms. The molecule has 0 aliphatic heterocycles. The van der Waals surface area contributed by atoms with Crippen LogP contribution in [-0.4, -0.2) is 42.3 Å². The molecule has 1 atom stereocenters. The van der Waals surface area contributed by atoms with Gasteiger partial charge in [-0.05, 0) is 37.0 Å². The summed E-state index contributed by atoms with van der Waals surface area (Å²) in [7, 11) is 1.33. The first kappa shape index (κ1) is 26.3. The molecule has 6 nitrogen and oxygen atoms in total. The van der Waals surface area contributed by atoms with E-state index < -0.39 is 12.0 Å².